The third kappa shape index (κ3) is 4.80. The zero-order valence-electron chi connectivity index (χ0n) is 23.3. The van der Waals surface area contributed by atoms with E-state index < -0.39 is 0 Å². The molecule has 7 nitrogen and oxygen atoms in total. The average Bonchev–Trinajstić information content (AvgIpc) is 3.77. The number of hydrogen-bond acceptors (Lipinski definition) is 7. The molecule has 0 bridgehead atoms. The fourth-order valence-corrected chi connectivity index (χ4v) is 6.57. The summed E-state index contributed by atoms with van der Waals surface area (Å²) in [6.45, 7) is 0.651. The van der Waals surface area contributed by atoms with Crippen LogP contribution in [-0.2, 0) is 13.0 Å². The van der Waals surface area contributed by atoms with E-state index in [-0.39, 0.29) is 6.04 Å². The van der Waals surface area contributed by atoms with Crippen molar-refractivity contribution >= 4 is 17.3 Å². The highest BCUT2D eigenvalue weighted by molar-refractivity contribution is 7.15. The molecule has 1 N–H and O–H groups in total. The van der Waals surface area contributed by atoms with Crippen LogP contribution < -0.4 is 14.8 Å². The van der Waals surface area contributed by atoms with E-state index in [4.69, 9.17) is 14.6 Å². The summed E-state index contributed by atoms with van der Waals surface area (Å²) in [7, 11) is 3.38. The van der Waals surface area contributed by atoms with E-state index in [1.807, 2.05) is 30.3 Å². The van der Waals surface area contributed by atoms with Crippen LogP contribution in [0.5, 0.6) is 11.5 Å². The molecule has 0 radical (unpaired) electrons. The van der Waals surface area contributed by atoms with Gasteiger partial charge in [-0.2, -0.15) is 5.10 Å². The lowest BCUT2D eigenvalue weighted by Crippen LogP contribution is -2.15. The van der Waals surface area contributed by atoms with Crippen molar-refractivity contribution in [1.82, 2.24) is 19.7 Å². The Labute approximate surface area is 248 Å². The van der Waals surface area contributed by atoms with Gasteiger partial charge in [-0.05, 0) is 59.2 Å². The molecule has 0 spiro atoms. The number of nitrogens with zero attached hydrogens (tertiary/aromatic N) is 4. The lowest BCUT2D eigenvalue weighted by molar-refractivity contribution is 0.414. The van der Waals surface area contributed by atoms with E-state index in [0.717, 1.165) is 39.6 Å². The monoisotopic (exact) mass is 571 g/mol. The van der Waals surface area contributed by atoms with Crippen molar-refractivity contribution in [2.75, 3.05) is 19.5 Å². The molecule has 0 aliphatic heterocycles. The Morgan fingerprint density at radius 3 is 2.14 bits per heavy atom. The van der Waals surface area contributed by atoms with Gasteiger partial charge in [0.05, 0.1) is 31.3 Å². The number of methoxy groups -OCH3 is 2. The van der Waals surface area contributed by atoms with Crippen LogP contribution in [0.2, 0.25) is 0 Å². The molecule has 1 aliphatic carbocycles. The molecule has 3 aromatic carbocycles. The molecule has 0 saturated carbocycles. The number of thiophene rings is 1. The summed E-state index contributed by atoms with van der Waals surface area (Å²) < 4.78 is 13.2. The predicted molar refractivity (Wildman–Crippen MR) is 166 cm³/mol. The van der Waals surface area contributed by atoms with Gasteiger partial charge in [0.1, 0.15) is 23.2 Å². The van der Waals surface area contributed by atoms with Crippen molar-refractivity contribution in [3.8, 4) is 33.3 Å². The smallest absolute Gasteiger partial charge is 0.222 e. The van der Waals surface area contributed by atoms with Crippen LogP contribution in [0.15, 0.2) is 103 Å². The minimum Gasteiger partial charge on any atom is -0.497 e. The Morgan fingerprint density at radius 1 is 0.810 bits per heavy atom. The third-order valence-corrected chi connectivity index (χ3v) is 8.73. The number of hydrogen-bond donors (Lipinski definition) is 1. The largest absolute Gasteiger partial charge is 0.497 e. The molecule has 0 amide bonds. The molecule has 0 saturated heterocycles. The van der Waals surface area contributed by atoms with Gasteiger partial charge in [-0.15, -0.1) is 11.3 Å². The molecule has 0 atom stereocenters. The molecule has 3 heterocycles. The van der Waals surface area contributed by atoms with Gasteiger partial charge in [0.15, 0.2) is 0 Å². The first-order valence-corrected chi connectivity index (χ1v) is 14.6. The van der Waals surface area contributed by atoms with E-state index in [2.05, 4.69) is 80.6 Å². The summed E-state index contributed by atoms with van der Waals surface area (Å²) in [5.41, 5.74) is 8.27. The van der Waals surface area contributed by atoms with Crippen LogP contribution in [0.25, 0.3) is 21.8 Å². The van der Waals surface area contributed by atoms with Gasteiger partial charge < -0.3 is 14.8 Å². The number of nitrogens with one attached hydrogen (secondary N) is 1. The molecule has 6 aromatic rings. The molecule has 1 aliphatic rings. The SMILES string of the molecule is COc1ccc(C(c2ccc(OC)cc2)n2nc(-c3ccc(CNc4ncccn4)s3)c3c2-c2ccccc2C3)cc1. The summed E-state index contributed by atoms with van der Waals surface area (Å²) in [5, 5.41) is 8.71. The highest BCUT2D eigenvalue weighted by Gasteiger charge is 2.32. The molecular weight excluding hydrogens is 542 g/mol. The Morgan fingerprint density at radius 2 is 1.48 bits per heavy atom. The van der Waals surface area contributed by atoms with Crippen LogP contribution in [0, 0.1) is 0 Å². The van der Waals surface area contributed by atoms with Crippen molar-refractivity contribution in [1.29, 1.82) is 0 Å². The van der Waals surface area contributed by atoms with E-state index in [1.54, 1.807) is 38.0 Å². The van der Waals surface area contributed by atoms with Crippen LogP contribution >= 0.6 is 11.3 Å². The minimum absolute atomic E-state index is 0.146. The number of benzene rings is 3. The Balaban J connectivity index is 1.34. The van der Waals surface area contributed by atoms with Crippen LogP contribution in [-0.4, -0.2) is 34.0 Å². The van der Waals surface area contributed by atoms with Crippen molar-refractivity contribution in [3.05, 3.63) is 131 Å². The van der Waals surface area contributed by atoms with Crippen molar-refractivity contribution in [2.45, 2.75) is 19.0 Å². The minimum atomic E-state index is -0.146. The predicted octanol–water partition coefficient (Wildman–Crippen LogP) is 7.24. The maximum absolute atomic E-state index is 5.47. The summed E-state index contributed by atoms with van der Waals surface area (Å²) in [4.78, 5) is 10.9. The molecular formula is C34H29N5O2S. The van der Waals surface area contributed by atoms with Gasteiger partial charge >= 0.3 is 0 Å². The topological polar surface area (TPSA) is 74.1 Å². The van der Waals surface area contributed by atoms with Gasteiger partial charge in [-0.1, -0.05) is 48.5 Å². The second kappa shape index (κ2) is 11.1. The number of aromatic nitrogens is 4. The molecule has 7 rings (SSSR count). The fraction of sp³-hybridized carbons (Fsp3) is 0.147. The van der Waals surface area contributed by atoms with Crippen molar-refractivity contribution in [2.24, 2.45) is 0 Å². The Bertz CT molecular complexity index is 1780. The molecule has 208 valence electrons. The highest BCUT2D eigenvalue weighted by Crippen LogP contribution is 2.46. The second-order valence-corrected chi connectivity index (χ2v) is 11.3. The van der Waals surface area contributed by atoms with Crippen LogP contribution in [0.4, 0.5) is 5.95 Å². The summed E-state index contributed by atoms with van der Waals surface area (Å²) in [6.07, 6.45) is 4.33. The van der Waals surface area contributed by atoms with Gasteiger partial charge in [0.2, 0.25) is 5.95 Å². The molecule has 0 unspecified atom stereocenters. The van der Waals surface area contributed by atoms with E-state index in [1.165, 1.54) is 27.3 Å². The first-order valence-electron chi connectivity index (χ1n) is 13.8. The van der Waals surface area contributed by atoms with Gasteiger partial charge in [0.25, 0.3) is 0 Å². The summed E-state index contributed by atoms with van der Waals surface area (Å²) in [5.74, 6) is 2.27. The normalized spacial score (nSPS) is 11.8. The maximum atomic E-state index is 5.47. The quantitative estimate of drug-likeness (QED) is 0.197. The number of anilines is 1. The van der Waals surface area contributed by atoms with Crippen molar-refractivity contribution in [3.63, 3.8) is 0 Å². The fourth-order valence-electron chi connectivity index (χ4n) is 5.61. The molecule has 0 fully saturated rings. The first-order chi connectivity index (χ1) is 20.7. The standard InChI is InChI=1S/C34H29N5O2S/c1-40-25-12-8-22(9-13-25)32(23-10-14-26(41-2)15-11-23)39-33-28-7-4-3-6-24(28)20-29(33)31(38-39)30-17-16-27(42-30)21-37-34-35-18-5-19-36-34/h3-19,32H,20-21H2,1-2H3,(H,35,36,37). The third-order valence-electron chi connectivity index (χ3n) is 7.64. The van der Waals surface area contributed by atoms with Gasteiger partial charge in [0, 0.05) is 34.8 Å². The van der Waals surface area contributed by atoms with Gasteiger partial charge in [-0.3, -0.25) is 4.68 Å². The maximum Gasteiger partial charge on any atom is 0.222 e. The Hall–Kier alpha value is -4.95. The number of fused-ring (bicyclic) bond motifs is 3. The molecule has 8 heteroatoms. The van der Waals surface area contributed by atoms with E-state index in [9.17, 15) is 0 Å². The van der Waals surface area contributed by atoms with Crippen LogP contribution in [0.3, 0.4) is 0 Å². The Kier molecular flexibility index (Phi) is 6.89. The molecule has 3 aromatic heterocycles. The van der Waals surface area contributed by atoms with E-state index in [0.29, 0.717) is 12.5 Å². The van der Waals surface area contributed by atoms with Gasteiger partial charge in [-0.25, -0.2) is 9.97 Å². The number of ether oxygens (including phenoxy) is 2. The van der Waals surface area contributed by atoms with Crippen molar-refractivity contribution < 1.29 is 9.47 Å². The summed E-state index contributed by atoms with van der Waals surface area (Å²) in [6, 6.07) is 31.2. The lowest BCUT2D eigenvalue weighted by atomic mass is 9.97. The summed E-state index contributed by atoms with van der Waals surface area (Å²) >= 11 is 1.75. The van der Waals surface area contributed by atoms with Crippen LogP contribution in [0.1, 0.15) is 33.2 Å². The second-order valence-electron chi connectivity index (χ2n) is 10.1. The average molecular weight is 572 g/mol. The lowest BCUT2D eigenvalue weighted by Gasteiger charge is -2.22. The molecule has 42 heavy (non-hydrogen) atoms. The first kappa shape index (κ1) is 26.0. The van der Waals surface area contributed by atoms with E-state index >= 15 is 0 Å². The zero-order valence-corrected chi connectivity index (χ0v) is 24.1. The highest BCUT2D eigenvalue weighted by atomic mass is 32.1. The zero-order chi connectivity index (χ0) is 28.5. The number of rotatable bonds is 9.